The van der Waals surface area contributed by atoms with E-state index in [2.05, 4.69) is 51.9 Å². The van der Waals surface area contributed by atoms with Crippen molar-refractivity contribution in [3.8, 4) is 0 Å². The molecule has 0 aromatic rings. The molecule has 1 saturated heterocycles. The van der Waals surface area contributed by atoms with E-state index < -0.39 is 0 Å². The van der Waals surface area contributed by atoms with Crippen LogP contribution < -0.4 is 5.32 Å². The Kier molecular flexibility index (Phi) is 5.18. The van der Waals surface area contributed by atoms with E-state index in [0.29, 0.717) is 18.5 Å². The summed E-state index contributed by atoms with van der Waals surface area (Å²) in [4.78, 5) is 2.18. The molecule has 0 aliphatic carbocycles. The first kappa shape index (κ1) is 15.9. The van der Waals surface area contributed by atoms with Crippen molar-refractivity contribution in [2.75, 3.05) is 33.3 Å². The van der Waals surface area contributed by atoms with Crippen molar-refractivity contribution in [2.45, 2.75) is 51.9 Å². The van der Waals surface area contributed by atoms with Gasteiger partial charge >= 0.3 is 0 Å². The molecule has 0 radical (unpaired) electrons. The van der Waals surface area contributed by atoms with Crippen LogP contribution in [0.4, 0.5) is 0 Å². The predicted molar refractivity (Wildman–Crippen MR) is 74.8 cm³/mol. The maximum atomic E-state index is 9.02. The summed E-state index contributed by atoms with van der Waals surface area (Å²) < 4.78 is 6.24. The van der Waals surface area contributed by atoms with E-state index in [1.807, 2.05) is 0 Å². The van der Waals surface area contributed by atoms with Gasteiger partial charge in [-0.15, -0.1) is 0 Å². The van der Waals surface area contributed by atoms with Gasteiger partial charge in [0.15, 0.2) is 0 Å². The highest BCUT2D eigenvalue weighted by atomic mass is 16.5. The van der Waals surface area contributed by atoms with Crippen LogP contribution in [0.15, 0.2) is 0 Å². The van der Waals surface area contributed by atoms with Crippen molar-refractivity contribution in [3.05, 3.63) is 0 Å². The van der Waals surface area contributed by atoms with Crippen LogP contribution in [0.3, 0.4) is 0 Å². The van der Waals surface area contributed by atoms with Gasteiger partial charge < -0.3 is 20.1 Å². The number of nitrogens with zero attached hydrogens (tertiary/aromatic N) is 1. The molecule has 0 bridgehead atoms. The molecule has 18 heavy (non-hydrogen) atoms. The van der Waals surface area contributed by atoms with Crippen LogP contribution in [0.25, 0.3) is 0 Å². The number of likely N-dealkylation sites (N-methyl/N-ethyl adjacent to an activating group) is 2. The first-order chi connectivity index (χ1) is 8.24. The van der Waals surface area contributed by atoms with E-state index >= 15 is 0 Å². The summed E-state index contributed by atoms with van der Waals surface area (Å²) in [5.74, 6) is 0.420. The molecular formula is C14H30N2O2. The number of rotatable bonds is 6. The molecule has 1 fully saturated rings. The molecule has 2 N–H and O–H groups in total. The molecule has 4 nitrogen and oxygen atoms in total. The van der Waals surface area contributed by atoms with Gasteiger partial charge in [-0.05, 0) is 41.3 Å². The fourth-order valence-corrected chi connectivity index (χ4v) is 3.23. The molecule has 0 amide bonds. The molecule has 0 spiro atoms. The van der Waals surface area contributed by atoms with E-state index in [9.17, 15) is 0 Å². The maximum Gasteiger partial charge on any atom is 0.0790 e. The Morgan fingerprint density at radius 1 is 1.22 bits per heavy atom. The minimum atomic E-state index is -0.149. The highest BCUT2D eigenvalue weighted by Gasteiger charge is 2.53. The van der Waals surface area contributed by atoms with Crippen molar-refractivity contribution in [1.29, 1.82) is 0 Å². The van der Waals surface area contributed by atoms with Gasteiger partial charge in [0.1, 0.15) is 0 Å². The molecular weight excluding hydrogens is 228 g/mol. The summed E-state index contributed by atoms with van der Waals surface area (Å²) in [5, 5.41) is 12.6. The van der Waals surface area contributed by atoms with Crippen LogP contribution in [0.1, 0.15) is 34.6 Å². The molecule has 1 heterocycles. The normalized spacial score (nSPS) is 30.0. The Labute approximate surface area is 112 Å². The fraction of sp³-hybridized carbons (Fsp3) is 1.00. The third kappa shape index (κ3) is 3.44. The fourth-order valence-electron chi connectivity index (χ4n) is 3.23. The third-order valence-electron chi connectivity index (χ3n) is 3.98. The highest BCUT2D eigenvalue weighted by molar-refractivity contribution is 5.05. The van der Waals surface area contributed by atoms with Crippen LogP contribution in [0, 0.1) is 5.92 Å². The summed E-state index contributed by atoms with van der Waals surface area (Å²) in [7, 11) is 2.06. The lowest BCUT2D eigenvalue weighted by atomic mass is 9.82. The summed E-state index contributed by atoms with van der Waals surface area (Å²) in [6, 6.07) is 0.346. The van der Waals surface area contributed by atoms with Gasteiger partial charge in [-0.25, -0.2) is 0 Å². The minimum absolute atomic E-state index is 0.139. The van der Waals surface area contributed by atoms with Gasteiger partial charge in [-0.2, -0.15) is 0 Å². The van der Waals surface area contributed by atoms with E-state index in [4.69, 9.17) is 9.84 Å². The Bertz CT molecular complexity index is 267. The van der Waals surface area contributed by atoms with Crippen molar-refractivity contribution in [2.24, 2.45) is 5.92 Å². The first-order valence-electron chi connectivity index (χ1n) is 6.97. The number of aliphatic hydroxyl groups excluding tert-OH is 1. The number of ether oxygens (including phenoxy) is 1. The lowest BCUT2D eigenvalue weighted by Gasteiger charge is -2.33. The van der Waals surface area contributed by atoms with Crippen molar-refractivity contribution < 1.29 is 9.84 Å². The van der Waals surface area contributed by atoms with E-state index in [1.54, 1.807) is 0 Å². The second-order valence-corrected chi connectivity index (χ2v) is 6.44. The average Bonchev–Trinajstić information content (AvgIpc) is 2.37. The number of aliphatic hydroxyl groups is 1. The van der Waals surface area contributed by atoms with Crippen LogP contribution in [0.2, 0.25) is 0 Å². The molecule has 2 unspecified atom stereocenters. The molecule has 4 heteroatoms. The van der Waals surface area contributed by atoms with Gasteiger partial charge in [0.05, 0.1) is 17.8 Å². The Hall–Kier alpha value is -0.160. The van der Waals surface area contributed by atoms with Gasteiger partial charge in [-0.3, -0.25) is 0 Å². The number of hydrogen-bond acceptors (Lipinski definition) is 4. The molecule has 0 aromatic carbocycles. The van der Waals surface area contributed by atoms with Crippen LogP contribution in [-0.4, -0.2) is 60.5 Å². The van der Waals surface area contributed by atoms with Gasteiger partial charge in [-0.1, -0.05) is 6.92 Å². The van der Waals surface area contributed by atoms with Crippen LogP contribution in [-0.2, 0) is 4.74 Å². The Morgan fingerprint density at radius 3 is 2.33 bits per heavy atom. The van der Waals surface area contributed by atoms with Crippen molar-refractivity contribution in [1.82, 2.24) is 10.2 Å². The zero-order valence-electron chi connectivity index (χ0n) is 12.8. The molecule has 0 saturated carbocycles. The van der Waals surface area contributed by atoms with E-state index in [1.165, 1.54) is 0 Å². The van der Waals surface area contributed by atoms with Gasteiger partial charge in [0.25, 0.3) is 0 Å². The zero-order valence-corrected chi connectivity index (χ0v) is 12.8. The largest absolute Gasteiger partial charge is 0.395 e. The molecule has 1 aliphatic rings. The summed E-state index contributed by atoms with van der Waals surface area (Å²) in [5.41, 5.74) is -0.287. The summed E-state index contributed by atoms with van der Waals surface area (Å²) >= 11 is 0. The zero-order chi connectivity index (χ0) is 14.0. The third-order valence-corrected chi connectivity index (χ3v) is 3.98. The smallest absolute Gasteiger partial charge is 0.0790 e. The topological polar surface area (TPSA) is 44.7 Å². The predicted octanol–water partition coefficient (Wildman–Crippen LogP) is 1.09. The molecule has 0 aromatic heterocycles. The number of nitrogens with one attached hydrogen (secondary N) is 1. The maximum absolute atomic E-state index is 9.02. The summed E-state index contributed by atoms with van der Waals surface area (Å²) in [6.45, 7) is 13.6. The Morgan fingerprint density at radius 2 is 1.83 bits per heavy atom. The minimum Gasteiger partial charge on any atom is -0.395 e. The number of hydrogen-bond donors (Lipinski definition) is 2. The van der Waals surface area contributed by atoms with Crippen LogP contribution >= 0.6 is 0 Å². The summed E-state index contributed by atoms with van der Waals surface area (Å²) in [6.07, 6.45) is 0. The quantitative estimate of drug-likeness (QED) is 0.749. The SMILES string of the molecule is CCNC1C(CN(C)CCO)C(C)(C)OC1(C)C. The highest BCUT2D eigenvalue weighted by Crippen LogP contribution is 2.42. The lowest BCUT2D eigenvalue weighted by Crippen LogP contribution is -2.50. The monoisotopic (exact) mass is 258 g/mol. The lowest BCUT2D eigenvalue weighted by molar-refractivity contribution is -0.0793. The van der Waals surface area contributed by atoms with Crippen molar-refractivity contribution >= 4 is 0 Å². The van der Waals surface area contributed by atoms with E-state index in [-0.39, 0.29) is 17.8 Å². The van der Waals surface area contributed by atoms with Crippen molar-refractivity contribution in [3.63, 3.8) is 0 Å². The standard InChI is InChI=1S/C14H30N2O2/c1-7-15-12-11(10-16(6)8-9-17)13(2,3)18-14(12,4)5/h11-12,15,17H,7-10H2,1-6H3. The van der Waals surface area contributed by atoms with Gasteiger partial charge in [0, 0.05) is 25.0 Å². The average molecular weight is 258 g/mol. The second kappa shape index (κ2) is 5.87. The molecule has 108 valence electrons. The van der Waals surface area contributed by atoms with E-state index in [0.717, 1.165) is 13.1 Å². The van der Waals surface area contributed by atoms with Crippen LogP contribution in [0.5, 0.6) is 0 Å². The Balaban J connectivity index is 2.82. The second-order valence-electron chi connectivity index (χ2n) is 6.44. The van der Waals surface area contributed by atoms with Gasteiger partial charge in [0.2, 0.25) is 0 Å². The first-order valence-corrected chi connectivity index (χ1v) is 6.97. The molecule has 1 rings (SSSR count). The molecule has 2 atom stereocenters. The molecule has 1 aliphatic heterocycles.